The monoisotopic (exact) mass is 505 g/mol. The number of benzene rings is 3. The van der Waals surface area contributed by atoms with Crippen molar-refractivity contribution in [1.29, 1.82) is 0 Å². The van der Waals surface area contributed by atoms with Crippen molar-refractivity contribution in [3.63, 3.8) is 0 Å². The number of pyridine rings is 1. The fraction of sp³-hybridized carbons (Fsp3) is 0.129. The molecule has 5 rings (SSSR count). The molecule has 1 N–H and O–H groups in total. The number of aryl methyl sites for hydroxylation is 1. The van der Waals surface area contributed by atoms with Crippen LogP contribution in [0.1, 0.15) is 22.8 Å². The summed E-state index contributed by atoms with van der Waals surface area (Å²) in [5.74, 6) is 0.319. The number of nitrogens with zero attached hydrogens (tertiary/aromatic N) is 2. The summed E-state index contributed by atoms with van der Waals surface area (Å²) in [5, 5.41) is 3.16. The lowest BCUT2D eigenvalue weighted by molar-refractivity contribution is -0.140. The summed E-state index contributed by atoms with van der Waals surface area (Å²) in [6, 6.07) is 28.4. The second-order valence-corrected chi connectivity index (χ2v) is 8.76. The first-order valence-corrected chi connectivity index (χ1v) is 12.4. The van der Waals surface area contributed by atoms with Crippen molar-refractivity contribution in [2.24, 2.45) is 0 Å². The molecule has 2 heterocycles. The maximum atomic E-state index is 12.7. The fourth-order valence-corrected chi connectivity index (χ4v) is 4.16. The summed E-state index contributed by atoms with van der Waals surface area (Å²) in [7, 11) is 0. The number of carbonyl (C=O) groups excluding carboxylic acids is 2. The molecular weight excluding hydrogens is 478 g/mol. The number of anilines is 1. The minimum atomic E-state index is -0.433. The number of hydrogen-bond acceptors (Lipinski definition) is 6. The number of rotatable bonds is 8. The highest BCUT2D eigenvalue weighted by Gasteiger charge is 2.16. The van der Waals surface area contributed by atoms with E-state index in [2.05, 4.69) is 5.32 Å². The van der Waals surface area contributed by atoms with E-state index in [1.807, 2.05) is 84.3 Å². The topological polar surface area (TPSA) is 81.9 Å². The van der Waals surface area contributed by atoms with E-state index in [4.69, 9.17) is 14.5 Å². The molecule has 0 bridgehead atoms. The minimum absolute atomic E-state index is 0.0151. The van der Waals surface area contributed by atoms with Gasteiger partial charge in [-0.15, -0.1) is 0 Å². The molecule has 5 aromatic rings. The molecule has 0 saturated heterocycles. The van der Waals surface area contributed by atoms with Crippen molar-refractivity contribution < 1.29 is 19.1 Å². The summed E-state index contributed by atoms with van der Waals surface area (Å²) in [6.07, 6.45) is 1.91. The molecule has 0 amide bonds. The standard InChI is InChI=1S/C31H27N3O4/c1-3-37-28(35)20-32-30-29(33-27-19-21(2)17-18-34(27)30)24-13-15-26(16-14-24)38-31(36)25-11-9-23(10-12-25)22-7-5-4-6-8-22/h4-19,32H,3,20H2,1-2H3. The average molecular weight is 506 g/mol. The zero-order valence-corrected chi connectivity index (χ0v) is 21.2. The fourth-order valence-electron chi connectivity index (χ4n) is 4.16. The molecule has 0 aliphatic carbocycles. The molecule has 7 nitrogen and oxygen atoms in total. The SMILES string of the molecule is CCOC(=O)CNc1c(-c2ccc(OC(=O)c3ccc(-c4ccccc4)cc3)cc2)nc2cc(C)ccn12. The van der Waals surface area contributed by atoms with Gasteiger partial charge in [0.2, 0.25) is 0 Å². The molecule has 7 heteroatoms. The van der Waals surface area contributed by atoms with Gasteiger partial charge in [-0.1, -0.05) is 42.5 Å². The number of nitrogens with one attached hydrogen (secondary N) is 1. The average Bonchev–Trinajstić information content (AvgIpc) is 3.30. The number of imidazole rings is 1. The van der Waals surface area contributed by atoms with Crippen LogP contribution in [0.4, 0.5) is 5.82 Å². The van der Waals surface area contributed by atoms with E-state index in [9.17, 15) is 9.59 Å². The number of ether oxygens (including phenoxy) is 2. The van der Waals surface area contributed by atoms with Crippen molar-refractivity contribution in [3.8, 4) is 28.1 Å². The quantitative estimate of drug-likeness (QED) is 0.201. The van der Waals surface area contributed by atoms with E-state index in [-0.39, 0.29) is 12.5 Å². The van der Waals surface area contributed by atoms with Crippen molar-refractivity contribution >= 4 is 23.4 Å². The summed E-state index contributed by atoms with van der Waals surface area (Å²) >= 11 is 0. The van der Waals surface area contributed by atoms with E-state index in [1.54, 1.807) is 31.2 Å². The Morgan fingerprint density at radius 3 is 2.26 bits per heavy atom. The van der Waals surface area contributed by atoms with Crippen LogP contribution in [0.2, 0.25) is 0 Å². The molecule has 190 valence electrons. The zero-order chi connectivity index (χ0) is 26.5. The summed E-state index contributed by atoms with van der Waals surface area (Å²) < 4.78 is 12.6. The second-order valence-electron chi connectivity index (χ2n) is 8.76. The Kier molecular flexibility index (Phi) is 7.17. The highest BCUT2D eigenvalue weighted by molar-refractivity contribution is 5.92. The lowest BCUT2D eigenvalue weighted by atomic mass is 10.0. The van der Waals surface area contributed by atoms with Crippen molar-refractivity contribution in [1.82, 2.24) is 9.38 Å². The van der Waals surface area contributed by atoms with Crippen LogP contribution in [0, 0.1) is 6.92 Å². The second kappa shape index (κ2) is 11.0. The Balaban J connectivity index is 1.34. The van der Waals surface area contributed by atoms with Crippen LogP contribution in [-0.4, -0.2) is 34.5 Å². The Bertz CT molecular complexity index is 1570. The third kappa shape index (κ3) is 5.42. The summed E-state index contributed by atoms with van der Waals surface area (Å²) in [6.45, 7) is 4.10. The van der Waals surface area contributed by atoms with E-state index in [0.29, 0.717) is 29.4 Å². The maximum Gasteiger partial charge on any atom is 0.343 e. The van der Waals surface area contributed by atoms with Gasteiger partial charge in [0.1, 0.15) is 29.5 Å². The molecule has 3 aromatic carbocycles. The molecule has 38 heavy (non-hydrogen) atoms. The first-order chi connectivity index (χ1) is 18.5. The smallest absolute Gasteiger partial charge is 0.343 e. The minimum Gasteiger partial charge on any atom is -0.465 e. The van der Waals surface area contributed by atoms with Crippen molar-refractivity contribution in [2.45, 2.75) is 13.8 Å². The number of esters is 2. The van der Waals surface area contributed by atoms with Gasteiger partial charge in [-0.3, -0.25) is 9.20 Å². The highest BCUT2D eigenvalue weighted by atomic mass is 16.5. The van der Waals surface area contributed by atoms with Crippen LogP contribution in [0.15, 0.2) is 97.2 Å². The van der Waals surface area contributed by atoms with Gasteiger partial charge in [0.15, 0.2) is 0 Å². The molecule has 2 aromatic heterocycles. The molecule has 0 unspecified atom stereocenters. The van der Waals surface area contributed by atoms with Gasteiger partial charge in [0.25, 0.3) is 0 Å². The van der Waals surface area contributed by atoms with E-state index < -0.39 is 5.97 Å². The first-order valence-electron chi connectivity index (χ1n) is 12.4. The van der Waals surface area contributed by atoms with Crippen LogP contribution < -0.4 is 10.1 Å². The Hall–Kier alpha value is -4.91. The van der Waals surface area contributed by atoms with Crippen LogP contribution in [0.5, 0.6) is 5.75 Å². The lowest BCUT2D eigenvalue weighted by Gasteiger charge is -2.09. The highest BCUT2D eigenvalue weighted by Crippen LogP contribution is 2.30. The van der Waals surface area contributed by atoms with Gasteiger partial charge in [0, 0.05) is 11.8 Å². The van der Waals surface area contributed by atoms with Gasteiger partial charge in [0.05, 0.1) is 12.2 Å². The third-order valence-electron chi connectivity index (χ3n) is 6.05. The molecular formula is C31H27N3O4. The largest absolute Gasteiger partial charge is 0.465 e. The molecule has 0 radical (unpaired) electrons. The summed E-state index contributed by atoms with van der Waals surface area (Å²) in [5.41, 5.74) is 5.89. The molecule has 0 saturated carbocycles. The summed E-state index contributed by atoms with van der Waals surface area (Å²) in [4.78, 5) is 29.5. The van der Waals surface area contributed by atoms with Crippen LogP contribution in [-0.2, 0) is 9.53 Å². The van der Waals surface area contributed by atoms with Gasteiger partial charge >= 0.3 is 11.9 Å². The predicted octanol–water partition coefficient (Wildman–Crippen LogP) is 6.17. The number of hydrogen-bond donors (Lipinski definition) is 1. The molecule has 0 aliphatic rings. The first kappa shape index (κ1) is 24.8. The lowest BCUT2D eigenvalue weighted by Crippen LogP contribution is -2.17. The normalized spacial score (nSPS) is 10.8. The van der Waals surface area contributed by atoms with Crippen molar-refractivity contribution in [3.05, 3.63) is 108 Å². The number of fused-ring (bicyclic) bond motifs is 1. The van der Waals surface area contributed by atoms with Gasteiger partial charge in [-0.2, -0.15) is 0 Å². The van der Waals surface area contributed by atoms with Crippen LogP contribution in [0.25, 0.3) is 28.0 Å². The van der Waals surface area contributed by atoms with Crippen LogP contribution in [0.3, 0.4) is 0 Å². The van der Waals surface area contributed by atoms with Gasteiger partial charge < -0.3 is 14.8 Å². The molecule has 0 atom stereocenters. The third-order valence-corrected chi connectivity index (χ3v) is 6.05. The van der Waals surface area contributed by atoms with E-state index in [0.717, 1.165) is 27.9 Å². The molecule has 0 spiro atoms. The number of aromatic nitrogens is 2. The van der Waals surface area contributed by atoms with E-state index >= 15 is 0 Å². The molecule has 0 fully saturated rings. The zero-order valence-electron chi connectivity index (χ0n) is 21.2. The van der Waals surface area contributed by atoms with E-state index in [1.165, 1.54) is 0 Å². The maximum absolute atomic E-state index is 12.7. The van der Waals surface area contributed by atoms with Crippen LogP contribution >= 0.6 is 0 Å². The van der Waals surface area contributed by atoms with Gasteiger partial charge in [-0.25, -0.2) is 9.78 Å². The van der Waals surface area contributed by atoms with Gasteiger partial charge in [-0.05, 0) is 79.1 Å². The Labute approximate surface area is 220 Å². The Morgan fingerprint density at radius 2 is 1.55 bits per heavy atom. The Morgan fingerprint density at radius 1 is 0.868 bits per heavy atom. The molecule has 0 aliphatic heterocycles. The van der Waals surface area contributed by atoms with Crippen molar-refractivity contribution in [2.75, 3.05) is 18.5 Å². The predicted molar refractivity (Wildman–Crippen MR) is 147 cm³/mol. The number of carbonyl (C=O) groups is 2.